The summed E-state index contributed by atoms with van der Waals surface area (Å²) in [5.41, 5.74) is 3.16. The Balaban J connectivity index is 2.39. The van der Waals surface area contributed by atoms with Gasteiger partial charge in [-0.15, -0.1) is 0 Å². The molecule has 0 radical (unpaired) electrons. The van der Waals surface area contributed by atoms with E-state index in [0.29, 0.717) is 0 Å². The summed E-state index contributed by atoms with van der Waals surface area (Å²) in [6.45, 7) is 2.25. The fourth-order valence-corrected chi connectivity index (χ4v) is 1.81. The van der Waals surface area contributed by atoms with Crippen LogP contribution in [0.1, 0.15) is 19.8 Å². The van der Waals surface area contributed by atoms with Gasteiger partial charge >= 0.3 is 0 Å². The minimum Gasteiger partial charge on any atom is -0.0770 e. The van der Waals surface area contributed by atoms with Crippen LogP contribution in [0.25, 0.3) is 0 Å². The zero-order chi connectivity index (χ0) is 6.97. The fourth-order valence-electron chi connectivity index (χ4n) is 1.81. The Hall–Kier alpha value is -0.780. The van der Waals surface area contributed by atoms with E-state index in [0.717, 1.165) is 5.92 Å². The molecule has 0 bridgehead atoms. The van der Waals surface area contributed by atoms with Crippen molar-refractivity contribution in [3.63, 3.8) is 0 Å². The van der Waals surface area contributed by atoms with Crippen LogP contribution >= 0.6 is 0 Å². The van der Waals surface area contributed by atoms with Crippen LogP contribution in [0.2, 0.25) is 0 Å². The molecule has 2 rings (SSSR count). The van der Waals surface area contributed by atoms with Gasteiger partial charge in [0.1, 0.15) is 0 Å². The Kier molecular flexibility index (Phi) is 1.26. The van der Waals surface area contributed by atoms with E-state index in [1.54, 1.807) is 11.1 Å². The average Bonchev–Trinajstić information content (AvgIpc) is 2.34. The summed E-state index contributed by atoms with van der Waals surface area (Å²) in [5.74, 6) is 0.755. The Morgan fingerprint density at radius 3 is 3.10 bits per heavy atom. The van der Waals surface area contributed by atoms with Crippen LogP contribution in [0.15, 0.2) is 35.5 Å². The Labute approximate surface area is 61.9 Å². The molecular weight excluding hydrogens is 120 g/mol. The summed E-state index contributed by atoms with van der Waals surface area (Å²) >= 11 is 0. The van der Waals surface area contributed by atoms with Gasteiger partial charge in [-0.1, -0.05) is 29.9 Å². The Bertz CT molecular complexity index is 228. The minimum atomic E-state index is 0.755. The van der Waals surface area contributed by atoms with Gasteiger partial charge in [-0.3, -0.25) is 0 Å². The van der Waals surface area contributed by atoms with Crippen molar-refractivity contribution in [3.8, 4) is 0 Å². The van der Waals surface area contributed by atoms with E-state index in [4.69, 9.17) is 0 Å². The smallest absolute Gasteiger partial charge is 0.00235 e. The quantitative estimate of drug-likeness (QED) is 0.475. The number of hydrogen-bond acceptors (Lipinski definition) is 0. The van der Waals surface area contributed by atoms with Gasteiger partial charge in [-0.25, -0.2) is 0 Å². The number of allylic oxidation sites excluding steroid dienone is 6. The summed E-state index contributed by atoms with van der Waals surface area (Å²) in [6.07, 6.45) is 11.5. The highest BCUT2D eigenvalue weighted by atomic mass is 14.2. The summed E-state index contributed by atoms with van der Waals surface area (Å²) in [5, 5.41) is 0. The van der Waals surface area contributed by atoms with Crippen LogP contribution in [0.5, 0.6) is 0 Å². The Morgan fingerprint density at radius 2 is 2.30 bits per heavy atom. The molecule has 0 aromatic rings. The van der Waals surface area contributed by atoms with Gasteiger partial charge in [-0.2, -0.15) is 0 Å². The third kappa shape index (κ3) is 0.756. The highest BCUT2D eigenvalue weighted by Gasteiger charge is 2.19. The molecule has 0 aromatic heterocycles. The van der Waals surface area contributed by atoms with Crippen LogP contribution < -0.4 is 0 Å². The average molecular weight is 132 g/mol. The number of rotatable bonds is 0. The van der Waals surface area contributed by atoms with E-state index in [1.165, 1.54) is 12.8 Å². The van der Waals surface area contributed by atoms with E-state index in [9.17, 15) is 0 Å². The maximum atomic E-state index is 2.31. The van der Waals surface area contributed by atoms with E-state index >= 15 is 0 Å². The first-order chi connectivity index (χ1) is 4.88. The van der Waals surface area contributed by atoms with Crippen molar-refractivity contribution < 1.29 is 0 Å². The van der Waals surface area contributed by atoms with E-state index in [-0.39, 0.29) is 0 Å². The summed E-state index contributed by atoms with van der Waals surface area (Å²) in [6, 6.07) is 0. The summed E-state index contributed by atoms with van der Waals surface area (Å²) in [4.78, 5) is 0. The van der Waals surface area contributed by atoms with Crippen molar-refractivity contribution in [1.82, 2.24) is 0 Å². The van der Waals surface area contributed by atoms with Crippen LogP contribution in [0, 0.1) is 5.92 Å². The predicted octanol–water partition coefficient (Wildman–Crippen LogP) is 2.84. The second-order valence-corrected chi connectivity index (χ2v) is 3.12. The summed E-state index contributed by atoms with van der Waals surface area (Å²) < 4.78 is 0. The molecule has 0 fully saturated rings. The molecule has 1 unspecified atom stereocenters. The molecule has 0 nitrogen and oxygen atoms in total. The largest absolute Gasteiger partial charge is 0.0770 e. The lowest BCUT2D eigenvalue weighted by molar-refractivity contribution is 0.745. The van der Waals surface area contributed by atoms with Crippen molar-refractivity contribution in [1.29, 1.82) is 0 Å². The van der Waals surface area contributed by atoms with Crippen molar-refractivity contribution in [3.05, 3.63) is 35.5 Å². The molecule has 0 aliphatic heterocycles. The topological polar surface area (TPSA) is 0 Å². The molecule has 0 heteroatoms. The SMILES string of the molecule is CC1=C2C=CC=CC2CC1. The fraction of sp³-hybridized carbons (Fsp3) is 0.400. The molecule has 0 saturated heterocycles. The first-order valence-electron chi connectivity index (χ1n) is 3.92. The second-order valence-electron chi connectivity index (χ2n) is 3.12. The third-order valence-corrected chi connectivity index (χ3v) is 2.45. The zero-order valence-corrected chi connectivity index (χ0v) is 6.30. The second kappa shape index (κ2) is 2.12. The number of hydrogen-bond donors (Lipinski definition) is 0. The molecule has 10 heavy (non-hydrogen) atoms. The van der Waals surface area contributed by atoms with Gasteiger partial charge in [-0.05, 0) is 25.3 Å². The molecule has 0 saturated carbocycles. The molecule has 2 aliphatic carbocycles. The third-order valence-electron chi connectivity index (χ3n) is 2.45. The maximum absolute atomic E-state index is 2.31. The summed E-state index contributed by atoms with van der Waals surface area (Å²) in [7, 11) is 0. The van der Waals surface area contributed by atoms with Crippen molar-refractivity contribution in [2.24, 2.45) is 5.92 Å². The van der Waals surface area contributed by atoms with Crippen LogP contribution in [0.4, 0.5) is 0 Å². The lowest BCUT2D eigenvalue weighted by atomic mass is 9.96. The van der Waals surface area contributed by atoms with E-state index < -0.39 is 0 Å². The van der Waals surface area contributed by atoms with Gasteiger partial charge in [0, 0.05) is 5.92 Å². The molecule has 0 aromatic carbocycles. The van der Waals surface area contributed by atoms with Gasteiger partial charge in [0.15, 0.2) is 0 Å². The number of fused-ring (bicyclic) bond motifs is 1. The molecule has 0 N–H and O–H groups in total. The molecule has 52 valence electrons. The molecule has 0 heterocycles. The van der Waals surface area contributed by atoms with Crippen LogP contribution in [-0.4, -0.2) is 0 Å². The standard InChI is InChI=1S/C10H12/c1-8-6-7-9-4-2-3-5-10(8)9/h2-5,9H,6-7H2,1H3. The molecular formula is C10H12. The van der Waals surface area contributed by atoms with Gasteiger partial charge in [0.25, 0.3) is 0 Å². The molecule has 0 amide bonds. The molecule has 1 atom stereocenters. The lowest BCUT2D eigenvalue weighted by Crippen LogP contribution is -1.94. The first-order valence-corrected chi connectivity index (χ1v) is 3.92. The van der Waals surface area contributed by atoms with Gasteiger partial charge < -0.3 is 0 Å². The zero-order valence-electron chi connectivity index (χ0n) is 6.30. The van der Waals surface area contributed by atoms with Crippen molar-refractivity contribution in [2.75, 3.05) is 0 Å². The van der Waals surface area contributed by atoms with Gasteiger partial charge in [0.2, 0.25) is 0 Å². The highest BCUT2D eigenvalue weighted by Crippen LogP contribution is 2.34. The monoisotopic (exact) mass is 132 g/mol. The Morgan fingerprint density at radius 1 is 1.40 bits per heavy atom. The predicted molar refractivity (Wildman–Crippen MR) is 43.7 cm³/mol. The van der Waals surface area contributed by atoms with Gasteiger partial charge in [0.05, 0.1) is 0 Å². The molecule has 2 aliphatic rings. The molecule has 0 spiro atoms. The minimum absolute atomic E-state index is 0.755. The van der Waals surface area contributed by atoms with Crippen molar-refractivity contribution in [2.45, 2.75) is 19.8 Å². The van der Waals surface area contributed by atoms with Crippen LogP contribution in [-0.2, 0) is 0 Å². The van der Waals surface area contributed by atoms with E-state index in [1.807, 2.05) is 0 Å². The normalized spacial score (nSPS) is 29.5. The van der Waals surface area contributed by atoms with E-state index in [2.05, 4.69) is 31.2 Å². The highest BCUT2D eigenvalue weighted by molar-refractivity contribution is 5.39. The maximum Gasteiger partial charge on any atom is 0.00235 e. The first kappa shape index (κ1) is 5.96. The lowest BCUT2D eigenvalue weighted by Gasteiger charge is -2.08. The van der Waals surface area contributed by atoms with Crippen molar-refractivity contribution >= 4 is 0 Å². The van der Waals surface area contributed by atoms with Crippen LogP contribution in [0.3, 0.4) is 0 Å².